The third kappa shape index (κ3) is 4.35. The van der Waals surface area contributed by atoms with E-state index in [1.54, 1.807) is 25.6 Å². The highest BCUT2D eigenvalue weighted by Gasteiger charge is 2.28. The van der Waals surface area contributed by atoms with Crippen molar-refractivity contribution in [2.24, 2.45) is 0 Å². The Kier molecular flexibility index (Phi) is 6.05. The van der Waals surface area contributed by atoms with E-state index in [0.717, 1.165) is 30.3 Å². The summed E-state index contributed by atoms with van der Waals surface area (Å²) < 4.78 is 10.2. The van der Waals surface area contributed by atoms with Gasteiger partial charge in [0.1, 0.15) is 5.01 Å². The second-order valence-electron chi connectivity index (χ2n) is 4.29. The average Bonchev–Trinajstić information content (AvgIpc) is 2.74. The molecule has 0 spiro atoms. The minimum atomic E-state index is -0.131. The average molecular weight is 258 g/mol. The van der Waals surface area contributed by atoms with Crippen molar-refractivity contribution in [3.05, 3.63) is 16.1 Å². The lowest BCUT2D eigenvalue weighted by molar-refractivity contribution is 0.146. The van der Waals surface area contributed by atoms with Crippen molar-refractivity contribution in [2.75, 3.05) is 34.0 Å². The molecule has 1 rings (SSSR count). The first-order chi connectivity index (χ1) is 8.12. The molecule has 0 bridgehead atoms. The van der Waals surface area contributed by atoms with Gasteiger partial charge in [0, 0.05) is 38.4 Å². The van der Waals surface area contributed by atoms with Gasteiger partial charge in [-0.2, -0.15) is 0 Å². The number of hydrogen-bond donors (Lipinski definition) is 1. The molecule has 0 amide bonds. The van der Waals surface area contributed by atoms with Gasteiger partial charge in [0.2, 0.25) is 0 Å². The van der Waals surface area contributed by atoms with E-state index >= 15 is 0 Å². The molecule has 0 radical (unpaired) electrons. The van der Waals surface area contributed by atoms with Crippen LogP contribution in [-0.4, -0.2) is 39.0 Å². The summed E-state index contributed by atoms with van der Waals surface area (Å²) in [6, 6.07) is 0. The molecule has 0 aliphatic carbocycles. The Balaban J connectivity index is 2.70. The fourth-order valence-corrected chi connectivity index (χ4v) is 2.58. The van der Waals surface area contributed by atoms with Gasteiger partial charge in [-0.3, -0.25) is 0 Å². The molecule has 0 saturated carbocycles. The number of rotatable bonds is 8. The molecule has 1 aromatic heterocycles. The van der Waals surface area contributed by atoms with Crippen molar-refractivity contribution in [1.82, 2.24) is 10.3 Å². The zero-order chi connectivity index (χ0) is 12.7. The van der Waals surface area contributed by atoms with Crippen LogP contribution in [0.1, 0.15) is 24.0 Å². The minimum absolute atomic E-state index is 0.131. The van der Waals surface area contributed by atoms with Crippen molar-refractivity contribution in [3.63, 3.8) is 0 Å². The van der Waals surface area contributed by atoms with Crippen molar-refractivity contribution < 1.29 is 9.47 Å². The molecule has 1 N–H and O–H groups in total. The van der Waals surface area contributed by atoms with E-state index in [9.17, 15) is 0 Å². The second kappa shape index (κ2) is 7.06. The number of aryl methyl sites for hydroxylation is 1. The number of ether oxygens (including phenoxy) is 2. The first-order valence-corrected chi connectivity index (χ1v) is 6.66. The first kappa shape index (κ1) is 14.6. The van der Waals surface area contributed by atoms with Gasteiger partial charge >= 0.3 is 0 Å². The predicted octanol–water partition coefficient (Wildman–Crippen LogP) is 1.94. The molecular formula is C12H22N2O2S. The zero-order valence-electron chi connectivity index (χ0n) is 11.1. The molecule has 17 heavy (non-hydrogen) atoms. The van der Waals surface area contributed by atoms with Gasteiger partial charge in [-0.05, 0) is 20.3 Å². The molecule has 0 fully saturated rings. The summed E-state index contributed by atoms with van der Waals surface area (Å²) >= 11 is 1.69. The summed E-state index contributed by atoms with van der Waals surface area (Å²) in [6.45, 7) is 6.42. The Morgan fingerprint density at radius 3 is 2.59 bits per heavy atom. The van der Waals surface area contributed by atoms with Crippen LogP contribution in [0.4, 0.5) is 0 Å². The Bertz CT molecular complexity index is 330. The highest BCUT2D eigenvalue weighted by atomic mass is 32.1. The van der Waals surface area contributed by atoms with Gasteiger partial charge in [-0.1, -0.05) is 0 Å². The van der Waals surface area contributed by atoms with Gasteiger partial charge in [0.05, 0.1) is 12.1 Å². The lowest BCUT2D eigenvalue weighted by Crippen LogP contribution is -2.42. The quantitative estimate of drug-likeness (QED) is 0.724. The largest absolute Gasteiger partial charge is 0.385 e. The summed E-state index contributed by atoms with van der Waals surface area (Å²) in [7, 11) is 3.43. The van der Waals surface area contributed by atoms with Crippen LogP contribution in [0, 0.1) is 6.92 Å². The zero-order valence-corrected chi connectivity index (χ0v) is 11.9. The first-order valence-electron chi connectivity index (χ1n) is 5.78. The maximum absolute atomic E-state index is 5.18. The number of thiazole rings is 1. The molecule has 1 heterocycles. The Morgan fingerprint density at radius 2 is 2.06 bits per heavy atom. The van der Waals surface area contributed by atoms with Crippen LogP contribution in [-0.2, 0) is 15.0 Å². The molecule has 1 atom stereocenters. The SMILES string of the molecule is COCCNC(C)(CCOC)c1nc(C)cs1. The molecular weight excluding hydrogens is 236 g/mol. The fourth-order valence-electron chi connectivity index (χ4n) is 1.61. The standard InChI is InChI=1S/C12H22N2O2S/c1-10-9-17-11(14-10)12(2,5-7-15-3)13-6-8-16-4/h9,13H,5-8H2,1-4H3. The number of aromatic nitrogens is 1. The van der Waals surface area contributed by atoms with Gasteiger partial charge in [0.25, 0.3) is 0 Å². The summed E-state index contributed by atoms with van der Waals surface area (Å²) in [5, 5.41) is 6.70. The molecule has 0 saturated heterocycles. The summed E-state index contributed by atoms with van der Waals surface area (Å²) in [6.07, 6.45) is 0.903. The van der Waals surface area contributed by atoms with E-state index in [0.29, 0.717) is 6.61 Å². The third-order valence-corrected chi connectivity index (χ3v) is 3.94. The predicted molar refractivity (Wildman–Crippen MR) is 70.6 cm³/mol. The van der Waals surface area contributed by atoms with Crippen molar-refractivity contribution in [2.45, 2.75) is 25.8 Å². The monoisotopic (exact) mass is 258 g/mol. The topological polar surface area (TPSA) is 43.4 Å². The molecule has 0 aliphatic heterocycles. The Morgan fingerprint density at radius 1 is 1.35 bits per heavy atom. The van der Waals surface area contributed by atoms with Gasteiger partial charge in [-0.25, -0.2) is 4.98 Å². The van der Waals surface area contributed by atoms with Crippen LogP contribution >= 0.6 is 11.3 Å². The Labute approximate surface area is 107 Å². The van der Waals surface area contributed by atoms with Gasteiger partial charge in [-0.15, -0.1) is 11.3 Å². The van der Waals surface area contributed by atoms with Crippen molar-refractivity contribution in [3.8, 4) is 0 Å². The smallest absolute Gasteiger partial charge is 0.113 e. The highest BCUT2D eigenvalue weighted by Crippen LogP contribution is 2.27. The molecule has 1 aromatic rings. The van der Waals surface area contributed by atoms with Crippen LogP contribution < -0.4 is 5.32 Å². The molecule has 98 valence electrons. The van der Waals surface area contributed by atoms with Gasteiger partial charge < -0.3 is 14.8 Å². The van der Waals surface area contributed by atoms with Crippen LogP contribution in [0.3, 0.4) is 0 Å². The summed E-state index contributed by atoms with van der Waals surface area (Å²) in [5.74, 6) is 0. The van der Waals surface area contributed by atoms with Crippen LogP contribution in [0.2, 0.25) is 0 Å². The molecule has 5 heteroatoms. The van der Waals surface area contributed by atoms with E-state index in [4.69, 9.17) is 9.47 Å². The van der Waals surface area contributed by atoms with Crippen molar-refractivity contribution >= 4 is 11.3 Å². The summed E-state index contributed by atoms with van der Waals surface area (Å²) in [5.41, 5.74) is 0.940. The van der Waals surface area contributed by atoms with Gasteiger partial charge in [0.15, 0.2) is 0 Å². The van der Waals surface area contributed by atoms with E-state index in [1.807, 2.05) is 6.92 Å². The van der Waals surface area contributed by atoms with E-state index in [1.165, 1.54) is 0 Å². The number of hydrogen-bond acceptors (Lipinski definition) is 5. The lowest BCUT2D eigenvalue weighted by atomic mass is 9.99. The number of nitrogens with one attached hydrogen (secondary N) is 1. The molecule has 0 aliphatic rings. The normalized spacial score (nSPS) is 14.8. The minimum Gasteiger partial charge on any atom is -0.385 e. The summed E-state index contributed by atoms with van der Waals surface area (Å²) in [4.78, 5) is 4.57. The maximum Gasteiger partial charge on any atom is 0.113 e. The molecule has 1 unspecified atom stereocenters. The van der Waals surface area contributed by atoms with Crippen LogP contribution in [0.25, 0.3) is 0 Å². The maximum atomic E-state index is 5.18. The Hall–Kier alpha value is -0.490. The lowest BCUT2D eigenvalue weighted by Gasteiger charge is -2.28. The van der Waals surface area contributed by atoms with E-state index < -0.39 is 0 Å². The molecule has 4 nitrogen and oxygen atoms in total. The van der Waals surface area contributed by atoms with Crippen LogP contribution in [0.5, 0.6) is 0 Å². The molecule has 0 aromatic carbocycles. The van der Waals surface area contributed by atoms with E-state index in [2.05, 4.69) is 22.6 Å². The van der Waals surface area contributed by atoms with E-state index in [-0.39, 0.29) is 5.54 Å². The third-order valence-electron chi connectivity index (χ3n) is 2.72. The number of methoxy groups -OCH3 is 2. The highest BCUT2D eigenvalue weighted by molar-refractivity contribution is 7.09. The van der Waals surface area contributed by atoms with Crippen molar-refractivity contribution in [1.29, 1.82) is 0 Å². The second-order valence-corrected chi connectivity index (χ2v) is 5.15. The fraction of sp³-hybridized carbons (Fsp3) is 0.750. The number of nitrogens with zero attached hydrogens (tertiary/aromatic N) is 1. The van der Waals surface area contributed by atoms with Crippen LogP contribution in [0.15, 0.2) is 5.38 Å².